The Labute approximate surface area is 89.8 Å². The number of nitrogens with one attached hydrogen (secondary N) is 1. The lowest BCUT2D eigenvalue weighted by atomic mass is 10.3. The molecule has 0 aromatic carbocycles. The number of ether oxygens (including phenoxy) is 1. The number of esters is 1. The summed E-state index contributed by atoms with van der Waals surface area (Å²) in [4.78, 5) is 21.7. The van der Waals surface area contributed by atoms with Gasteiger partial charge in [0.25, 0.3) is 0 Å². The van der Waals surface area contributed by atoms with Gasteiger partial charge in [0.2, 0.25) is 5.91 Å². The first-order chi connectivity index (χ1) is 7.10. The molecule has 0 aliphatic rings. The van der Waals surface area contributed by atoms with Crippen molar-refractivity contribution in [1.29, 1.82) is 0 Å². The number of hydrogen-bond acceptors (Lipinski definition) is 4. The van der Waals surface area contributed by atoms with E-state index in [9.17, 15) is 14.7 Å². The fourth-order valence-electron chi connectivity index (χ4n) is 0.897. The molecule has 0 saturated heterocycles. The zero-order valence-corrected chi connectivity index (χ0v) is 9.28. The van der Waals surface area contributed by atoms with Crippen LogP contribution in [0.1, 0.15) is 33.1 Å². The van der Waals surface area contributed by atoms with Gasteiger partial charge in [-0.05, 0) is 6.42 Å². The summed E-state index contributed by atoms with van der Waals surface area (Å²) in [7, 11) is 0. The molecular formula is C10H19NO4. The van der Waals surface area contributed by atoms with Gasteiger partial charge >= 0.3 is 5.97 Å². The minimum atomic E-state index is -0.832. The van der Waals surface area contributed by atoms with Crippen LogP contribution in [0.5, 0.6) is 0 Å². The van der Waals surface area contributed by atoms with Crippen molar-refractivity contribution in [2.45, 2.75) is 39.2 Å². The zero-order chi connectivity index (χ0) is 11.7. The number of hydrogen-bond donors (Lipinski definition) is 2. The van der Waals surface area contributed by atoms with Crippen LogP contribution >= 0.6 is 0 Å². The molecule has 0 radical (unpaired) electrons. The second-order valence-electron chi connectivity index (χ2n) is 3.24. The smallest absolute Gasteiger partial charge is 0.305 e. The molecule has 0 rings (SSSR count). The number of carbonyl (C=O) groups is 2. The van der Waals surface area contributed by atoms with Crippen LogP contribution in [0.15, 0.2) is 0 Å². The number of rotatable bonds is 7. The van der Waals surface area contributed by atoms with Crippen LogP contribution in [0.4, 0.5) is 0 Å². The van der Waals surface area contributed by atoms with Crippen molar-refractivity contribution in [3.63, 3.8) is 0 Å². The molecule has 1 atom stereocenters. The minimum Gasteiger partial charge on any atom is -0.463 e. The largest absolute Gasteiger partial charge is 0.463 e. The predicted molar refractivity (Wildman–Crippen MR) is 55.2 cm³/mol. The molecule has 2 N–H and O–H groups in total. The molecule has 0 aromatic rings. The Kier molecular flexibility index (Phi) is 7.62. The van der Waals surface area contributed by atoms with E-state index in [1.165, 1.54) is 0 Å². The second kappa shape index (κ2) is 8.23. The molecule has 0 fully saturated rings. The number of aliphatic hydroxyl groups is 1. The van der Waals surface area contributed by atoms with Crippen molar-refractivity contribution < 1.29 is 19.4 Å². The van der Waals surface area contributed by atoms with E-state index in [1.807, 2.05) is 6.92 Å². The van der Waals surface area contributed by atoms with Gasteiger partial charge in [-0.1, -0.05) is 13.8 Å². The van der Waals surface area contributed by atoms with Crippen molar-refractivity contribution in [2.75, 3.05) is 13.2 Å². The Morgan fingerprint density at radius 2 is 2.07 bits per heavy atom. The molecule has 5 nitrogen and oxygen atoms in total. The molecule has 0 aromatic heterocycles. The molecule has 0 bridgehead atoms. The fourth-order valence-corrected chi connectivity index (χ4v) is 0.897. The quantitative estimate of drug-likeness (QED) is 0.598. The van der Waals surface area contributed by atoms with E-state index in [0.29, 0.717) is 6.42 Å². The Hall–Kier alpha value is -1.10. The van der Waals surface area contributed by atoms with Gasteiger partial charge in [0, 0.05) is 19.4 Å². The average Bonchev–Trinajstić information content (AvgIpc) is 2.23. The lowest BCUT2D eigenvalue weighted by Crippen LogP contribution is -2.34. The summed E-state index contributed by atoms with van der Waals surface area (Å²) in [6.07, 6.45) is 0.671. The van der Waals surface area contributed by atoms with Crippen LogP contribution in [0.3, 0.4) is 0 Å². The third-order valence-electron chi connectivity index (χ3n) is 1.74. The van der Waals surface area contributed by atoms with E-state index >= 15 is 0 Å². The summed E-state index contributed by atoms with van der Waals surface area (Å²) >= 11 is 0. The maximum Gasteiger partial charge on any atom is 0.305 e. The van der Waals surface area contributed by atoms with Crippen molar-refractivity contribution in [3.8, 4) is 0 Å². The van der Waals surface area contributed by atoms with Crippen molar-refractivity contribution >= 4 is 11.9 Å². The van der Waals surface area contributed by atoms with E-state index in [1.54, 1.807) is 6.92 Å². The summed E-state index contributed by atoms with van der Waals surface area (Å²) in [5.41, 5.74) is 0. The Balaban J connectivity index is 3.52. The van der Waals surface area contributed by atoms with Gasteiger partial charge < -0.3 is 15.2 Å². The van der Waals surface area contributed by atoms with E-state index in [-0.39, 0.29) is 31.4 Å². The Morgan fingerprint density at radius 1 is 1.40 bits per heavy atom. The molecule has 0 unspecified atom stereocenters. The Bertz CT molecular complexity index is 206. The molecule has 0 aliphatic carbocycles. The first-order valence-corrected chi connectivity index (χ1v) is 5.20. The molecule has 88 valence electrons. The highest BCUT2D eigenvalue weighted by atomic mass is 16.5. The predicted octanol–water partition coefficient (Wildman–Crippen LogP) is 0.217. The summed E-state index contributed by atoms with van der Waals surface area (Å²) < 4.78 is 4.70. The van der Waals surface area contributed by atoms with Gasteiger partial charge in [-0.2, -0.15) is 0 Å². The standard InChI is InChI=1S/C10H19NO4/c1-3-5-9(13)11-6-8(12)7-15-10(14)4-2/h8,12H,3-7H2,1-2H3,(H,11,13)/t8-/m1/s1. The molecule has 0 spiro atoms. The zero-order valence-electron chi connectivity index (χ0n) is 9.28. The van der Waals surface area contributed by atoms with Gasteiger partial charge in [-0.15, -0.1) is 0 Å². The first kappa shape index (κ1) is 13.9. The van der Waals surface area contributed by atoms with Gasteiger partial charge in [-0.25, -0.2) is 0 Å². The van der Waals surface area contributed by atoms with Crippen LogP contribution in [-0.2, 0) is 14.3 Å². The average molecular weight is 217 g/mol. The van der Waals surface area contributed by atoms with Gasteiger partial charge in [0.1, 0.15) is 12.7 Å². The molecular weight excluding hydrogens is 198 g/mol. The molecule has 5 heteroatoms. The topological polar surface area (TPSA) is 75.6 Å². The fraction of sp³-hybridized carbons (Fsp3) is 0.800. The number of aliphatic hydroxyl groups excluding tert-OH is 1. The van der Waals surface area contributed by atoms with E-state index in [4.69, 9.17) is 4.74 Å². The lowest BCUT2D eigenvalue weighted by Gasteiger charge is -2.11. The highest BCUT2D eigenvalue weighted by Crippen LogP contribution is 1.90. The third-order valence-corrected chi connectivity index (χ3v) is 1.74. The van der Waals surface area contributed by atoms with Crippen LogP contribution in [0, 0.1) is 0 Å². The summed E-state index contributed by atoms with van der Waals surface area (Å²) in [6, 6.07) is 0. The van der Waals surface area contributed by atoms with Crippen molar-refractivity contribution in [3.05, 3.63) is 0 Å². The number of amides is 1. The van der Waals surface area contributed by atoms with E-state index < -0.39 is 6.10 Å². The lowest BCUT2D eigenvalue weighted by molar-refractivity contribution is -0.146. The monoisotopic (exact) mass is 217 g/mol. The molecule has 15 heavy (non-hydrogen) atoms. The summed E-state index contributed by atoms with van der Waals surface area (Å²) in [5.74, 6) is -0.452. The molecule has 0 aliphatic heterocycles. The van der Waals surface area contributed by atoms with E-state index in [2.05, 4.69) is 5.32 Å². The maximum atomic E-state index is 11.0. The molecule has 0 heterocycles. The van der Waals surface area contributed by atoms with Crippen LogP contribution in [0.25, 0.3) is 0 Å². The number of carbonyl (C=O) groups excluding carboxylic acids is 2. The van der Waals surface area contributed by atoms with Crippen molar-refractivity contribution in [1.82, 2.24) is 5.32 Å². The maximum absolute atomic E-state index is 11.0. The Morgan fingerprint density at radius 3 is 2.60 bits per heavy atom. The van der Waals surface area contributed by atoms with Crippen LogP contribution < -0.4 is 5.32 Å². The molecule has 0 saturated carbocycles. The summed E-state index contributed by atoms with van der Waals surface area (Å²) in [5, 5.41) is 11.9. The molecule has 1 amide bonds. The van der Waals surface area contributed by atoms with Gasteiger partial charge in [-0.3, -0.25) is 9.59 Å². The highest BCUT2D eigenvalue weighted by molar-refractivity contribution is 5.75. The van der Waals surface area contributed by atoms with Gasteiger partial charge in [0.15, 0.2) is 0 Å². The minimum absolute atomic E-state index is 0.0704. The SMILES string of the molecule is CCCC(=O)NC[C@@H](O)COC(=O)CC. The third kappa shape index (κ3) is 7.93. The second-order valence-corrected chi connectivity index (χ2v) is 3.24. The van der Waals surface area contributed by atoms with Crippen LogP contribution in [0.2, 0.25) is 0 Å². The van der Waals surface area contributed by atoms with Gasteiger partial charge in [0.05, 0.1) is 0 Å². The first-order valence-electron chi connectivity index (χ1n) is 5.20. The highest BCUT2D eigenvalue weighted by Gasteiger charge is 2.08. The van der Waals surface area contributed by atoms with Crippen molar-refractivity contribution in [2.24, 2.45) is 0 Å². The van der Waals surface area contributed by atoms with E-state index in [0.717, 1.165) is 6.42 Å². The summed E-state index contributed by atoms with van der Waals surface area (Å²) in [6.45, 7) is 3.63. The van der Waals surface area contributed by atoms with Crippen LogP contribution in [-0.4, -0.2) is 36.2 Å². The normalized spacial score (nSPS) is 11.9.